The molecule has 1 spiro atoms. The van der Waals surface area contributed by atoms with Crippen molar-refractivity contribution in [2.24, 2.45) is 11.7 Å². The van der Waals surface area contributed by atoms with Gasteiger partial charge in [-0.15, -0.1) is 0 Å². The van der Waals surface area contributed by atoms with E-state index in [1.165, 1.54) is 6.26 Å². The Balaban J connectivity index is 1.72. The van der Waals surface area contributed by atoms with E-state index in [4.69, 9.17) is 10.2 Å². The molecule has 0 unspecified atom stereocenters. The Hall–Kier alpha value is -2.42. The van der Waals surface area contributed by atoms with Crippen LogP contribution in [0.15, 0.2) is 10.7 Å². The van der Waals surface area contributed by atoms with Gasteiger partial charge in [-0.1, -0.05) is 13.8 Å². The van der Waals surface area contributed by atoms with Crippen LogP contribution >= 0.6 is 0 Å². The number of amides is 4. The van der Waals surface area contributed by atoms with Crippen molar-refractivity contribution in [2.75, 3.05) is 19.6 Å². The van der Waals surface area contributed by atoms with Gasteiger partial charge in [0, 0.05) is 19.6 Å². The molecule has 0 radical (unpaired) electrons. The number of hydrogen-bond acceptors (Lipinski definition) is 6. The summed E-state index contributed by atoms with van der Waals surface area (Å²) in [5, 5.41) is 2.42. The molecule has 9 nitrogen and oxygen atoms in total. The van der Waals surface area contributed by atoms with Crippen molar-refractivity contribution in [3.8, 4) is 0 Å². The lowest BCUT2D eigenvalue weighted by Crippen LogP contribution is -2.58. The van der Waals surface area contributed by atoms with E-state index in [2.05, 4.69) is 10.3 Å². The van der Waals surface area contributed by atoms with Crippen molar-refractivity contribution in [1.29, 1.82) is 0 Å². The number of piperidine rings is 1. The second-order valence-electron chi connectivity index (χ2n) is 6.92. The summed E-state index contributed by atoms with van der Waals surface area (Å²) in [4.78, 5) is 44.4. The molecule has 2 aliphatic heterocycles. The fraction of sp³-hybridized carbons (Fsp3) is 0.625. The average molecular weight is 349 g/mol. The van der Waals surface area contributed by atoms with E-state index in [9.17, 15) is 14.4 Å². The second-order valence-corrected chi connectivity index (χ2v) is 6.92. The van der Waals surface area contributed by atoms with Crippen LogP contribution in [0.1, 0.15) is 43.1 Å². The molecule has 3 rings (SSSR count). The third-order valence-electron chi connectivity index (χ3n) is 4.78. The molecule has 0 aliphatic carbocycles. The molecular weight excluding hydrogens is 326 g/mol. The Bertz CT molecular complexity index is 690. The second kappa shape index (κ2) is 6.47. The summed E-state index contributed by atoms with van der Waals surface area (Å²) in [7, 11) is 0. The number of carbonyl (C=O) groups excluding carboxylic acids is 3. The van der Waals surface area contributed by atoms with Crippen LogP contribution in [0.4, 0.5) is 4.79 Å². The SMILES string of the molecule is CC(C)CN1C(=O)NC(=O)C12CCN(C(=O)c1coc(CN)n1)CC2. The lowest BCUT2D eigenvalue weighted by Gasteiger charge is -2.42. The average Bonchev–Trinajstić information content (AvgIpc) is 3.15. The standard InChI is InChI=1S/C16H23N5O4/c1-10(2)8-21-15(24)19-14(23)16(21)3-5-20(6-4-16)13(22)11-9-25-12(7-17)18-11/h9-10H,3-8,17H2,1-2H3,(H,19,23,24). The van der Waals surface area contributed by atoms with Gasteiger partial charge in [-0.05, 0) is 18.8 Å². The summed E-state index contributed by atoms with van der Waals surface area (Å²) in [5.74, 6) is 0.0363. The van der Waals surface area contributed by atoms with Gasteiger partial charge in [0.25, 0.3) is 11.8 Å². The fourth-order valence-corrected chi connectivity index (χ4v) is 3.46. The molecule has 0 aromatic carbocycles. The number of nitrogens with zero attached hydrogens (tertiary/aromatic N) is 3. The van der Waals surface area contributed by atoms with Crippen molar-refractivity contribution in [3.63, 3.8) is 0 Å². The van der Waals surface area contributed by atoms with E-state index in [0.717, 1.165) is 0 Å². The normalized spacial score (nSPS) is 19.8. The number of aromatic nitrogens is 1. The van der Waals surface area contributed by atoms with Gasteiger partial charge in [0.2, 0.25) is 5.89 Å². The quantitative estimate of drug-likeness (QED) is 0.755. The van der Waals surface area contributed by atoms with Gasteiger partial charge in [-0.3, -0.25) is 14.9 Å². The summed E-state index contributed by atoms with van der Waals surface area (Å²) >= 11 is 0. The molecule has 1 aromatic rings. The van der Waals surface area contributed by atoms with Gasteiger partial charge in [0.1, 0.15) is 11.8 Å². The van der Waals surface area contributed by atoms with Crippen LogP contribution in [0.25, 0.3) is 0 Å². The Kier molecular flexibility index (Phi) is 4.51. The number of carbonyl (C=O) groups is 3. The number of rotatable bonds is 4. The smallest absolute Gasteiger partial charge is 0.325 e. The highest BCUT2D eigenvalue weighted by molar-refractivity contribution is 6.07. The maximum absolute atomic E-state index is 12.5. The van der Waals surface area contributed by atoms with Gasteiger partial charge in [-0.25, -0.2) is 9.78 Å². The zero-order chi connectivity index (χ0) is 18.2. The Morgan fingerprint density at radius 3 is 2.64 bits per heavy atom. The van der Waals surface area contributed by atoms with E-state index < -0.39 is 5.54 Å². The first kappa shape index (κ1) is 17.4. The summed E-state index contributed by atoms with van der Waals surface area (Å²) in [6.45, 7) is 5.39. The summed E-state index contributed by atoms with van der Waals surface area (Å²) in [6, 6.07) is -0.345. The molecule has 2 fully saturated rings. The van der Waals surface area contributed by atoms with Gasteiger partial charge in [0.15, 0.2) is 5.69 Å². The van der Waals surface area contributed by atoms with Crippen LogP contribution in [-0.2, 0) is 11.3 Å². The maximum atomic E-state index is 12.5. The third kappa shape index (κ3) is 2.99. The first-order chi connectivity index (χ1) is 11.9. The van der Waals surface area contributed by atoms with Crippen LogP contribution in [0, 0.1) is 5.92 Å². The van der Waals surface area contributed by atoms with Crippen molar-refractivity contribution < 1.29 is 18.8 Å². The minimum absolute atomic E-state index is 0.128. The Morgan fingerprint density at radius 1 is 1.40 bits per heavy atom. The molecule has 0 saturated carbocycles. The number of hydrogen-bond donors (Lipinski definition) is 2. The van der Waals surface area contributed by atoms with Crippen LogP contribution in [0.5, 0.6) is 0 Å². The van der Waals surface area contributed by atoms with E-state index in [0.29, 0.717) is 38.4 Å². The molecule has 25 heavy (non-hydrogen) atoms. The molecular formula is C16H23N5O4. The molecule has 9 heteroatoms. The summed E-state index contributed by atoms with van der Waals surface area (Å²) < 4.78 is 5.11. The largest absolute Gasteiger partial charge is 0.447 e. The number of likely N-dealkylation sites (tertiary alicyclic amines) is 1. The lowest BCUT2D eigenvalue weighted by atomic mass is 9.85. The lowest BCUT2D eigenvalue weighted by molar-refractivity contribution is -0.129. The number of nitrogens with one attached hydrogen (secondary N) is 1. The zero-order valence-corrected chi connectivity index (χ0v) is 14.4. The molecule has 2 saturated heterocycles. The highest BCUT2D eigenvalue weighted by Crippen LogP contribution is 2.34. The summed E-state index contributed by atoms with van der Waals surface area (Å²) in [6.07, 6.45) is 2.11. The minimum atomic E-state index is -0.857. The van der Waals surface area contributed by atoms with Crippen LogP contribution in [-0.4, -0.2) is 57.8 Å². The molecule has 3 N–H and O–H groups in total. The zero-order valence-electron chi connectivity index (χ0n) is 14.4. The molecule has 2 aliphatic rings. The molecule has 1 aromatic heterocycles. The maximum Gasteiger partial charge on any atom is 0.325 e. The summed E-state index contributed by atoms with van der Waals surface area (Å²) in [5.41, 5.74) is 4.79. The first-order valence-electron chi connectivity index (χ1n) is 8.44. The predicted octanol–water partition coefficient (Wildman–Crippen LogP) is 0.316. The van der Waals surface area contributed by atoms with Gasteiger partial charge >= 0.3 is 6.03 Å². The van der Waals surface area contributed by atoms with Crippen molar-refractivity contribution >= 4 is 17.8 Å². The molecule has 4 amide bonds. The van der Waals surface area contributed by atoms with Crippen LogP contribution < -0.4 is 11.1 Å². The number of imide groups is 1. The van der Waals surface area contributed by atoms with Gasteiger partial charge in [-0.2, -0.15) is 0 Å². The van der Waals surface area contributed by atoms with Crippen molar-refractivity contribution in [3.05, 3.63) is 17.8 Å². The van der Waals surface area contributed by atoms with E-state index in [1.54, 1.807) is 9.80 Å². The first-order valence-corrected chi connectivity index (χ1v) is 8.44. The molecule has 3 heterocycles. The van der Waals surface area contributed by atoms with Crippen LogP contribution in [0.3, 0.4) is 0 Å². The van der Waals surface area contributed by atoms with Crippen molar-refractivity contribution in [2.45, 2.75) is 38.8 Å². The van der Waals surface area contributed by atoms with Crippen molar-refractivity contribution in [1.82, 2.24) is 20.1 Å². The Labute approximate surface area is 145 Å². The fourth-order valence-electron chi connectivity index (χ4n) is 3.46. The highest BCUT2D eigenvalue weighted by atomic mass is 16.3. The van der Waals surface area contributed by atoms with E-state index >= 15 is 0 Å². The Morgan fingerprint density at radius 2 is 2.08 bits per heavy atom. The number of oxazole rings is 1. The topological polar surface area (TPSA) is 122 Å². The number of urea groups is 1. The van der Waals surface area contributed by atoms with E-state index in [1.807, 2.05) is 13.8 Å². The molecule has 0 bridgehead atoms. The molecule has 136 valence electrons. The molecule has 0 atom stereocenters. The van der Waals surface area contributed by atoms with Crippen LogP contribution in [0.2, 0.25) is 0 Å². The minimum Gasteiger partial charge on any atom is -0.447 e. The highest BCUT2D eigenvalue weighted by Gasteiger charge is 2.54. The number of nitrogens with two attached hydrogens (primary N) is 1. The predicted molar refractivity (Wildman–Crippen MR) is 87.3 cm³/mol. The monoisotopic (exact) mass is 349 g/mol. The van der Waals surface area contributed by atoms with E-state index in [-0.39, 0.29) is 36.0 Å². The van der Waals surface area contributed by atoms with Gasteiger partial charge < -0.3 is 20.0 Å². The third-order valence-corrected chi connectivity index (χ3v) is 4.78. The van der Waals surface area contributed by atoms with Gasteiger partial charge in [0.05, 0.1) is 6.54 Å².